The number of hydrogen-bond acceptors (Lipinski definition) is 4. The third-order valence-electron chi connectivity index (χ3n) is 8.08. The molecule has 2 heterocycles. The number of carbonyl (C=O) groups is 2. The Morgan fingerprint density at radius 3 is 2.68 bits per heavy atom. The van der Waals surface area contributed by atoms with E-state index in [9.17, 15) is 9.59 Å². The summed E-state index contributed by atoms with van der Waals surface area (Å²) >= 11 is 5.03. The van der Waals surface area contributed by atoms with Gasteiger partial charge in [-0.3, -0.25) is 9.59 Å². The molecule has 1 aliphatic carbocycles. The van der Waals surface area contributed by atoms with Crippen LogP contribution in [0.3, 0.4) is 0 Å². The Kier molecular flexibility index (Phi) is 7.18. The average molecular weight is 591 g/mol. The van der Waals surface area contributed by atoms with Gasteiger partial charge in [-0.2, -0.15) is 0 Å². The Bertz CT molecular complexity index is 1570. The second kappa shape index (κ2) is 10.3. The topological polar surface area (TPSA) is 85.1 Å². The highest BCUT2D eigenvalue weighted by Gasteiger charge is 2.35. The lowest BCUT2D eigenvalue weighted by Gasteiger charge is -2.36. The number of nitrogens with two attached hydrogens (primary N) is 1. The fourth-order valence-corrected chi connectivity index (χ4v) is 7.09. The Hall–Kier alpha value is -3.03. The highest BCUT2D eigenvalue weighted by atomic mass is 79.9. The SMILES string of the molecule is CCC(C)(C)[C@@H]1CCc2c(sc(NC(=O)c3cc(-c4cccc(C)c4)nc4ccc(Br)cc34)c2C(N)=O)C1. The molecule has 0 spiro atoms. The Morgan fingerprint density at radius 1 is 1.18 bits per heavy atom. The maximum absolute atomic E-state index is 13.8. The second-order valence-electron chi connectivity index (χ2n) is 10.9. The normalized spacial score (nSPS) is 15.3. The smallest absolute Gasteiger partial charge is 0.257 e. The van der Waals surface area contributed by atoms with Crippen LogP contribution in [0.25, 0.3) is 22.2 Å². The van der Waals surface area contributed by atoms with Gasteiger partial charge in [-0.05, 0) is 73.4 Å². The summed E-state index contributed by atoms with van der Waals surface area (Å²) in [6, 6.07) is 15.6. The molecule has 7 heteroatoms. The highest BCUT2D eigenvalue weighted by Crippen LogP contribution is 2.45. The number of halogens is 1. The molecule has 3 N–H and O–H groups in total. The molecule has 0 bridgehead atoms. The number of thiophene rings is 1. The van der Waals surface area contributed by atoms with E-state index in [1.165, 1.54) is 11.3 Å². The van der Waals surface area contributed by atoms with Gasteiger partial charge in [0, 0.05) is 20.3 Å². The molecule has 4 aromatic rings. The van der Waals surface area contributed by atoms with E-state index >= 15 is 0 Å². The van der Waals surface area contributed by atoms with Crippen molar-refractivity contribution in [3.05, 3.63) is 80.1 Å². The van der Waals surface area contributed by atoms with Gasteiger partial charge in [0.05, 0.1) is 22.3 Å². The van der Waals surface area contributed by atoms with Crippen molar-refractivity contribution in [3.63, 3.8) is 0 Å². The number of amides is 2. The van der Waals surface area contributed by atoms with Gasteiger partial charge in [-0.1, -0.05) is 66.9 Å². The first-order chi connectivity index (χ1) is 18.1. The molecule has 5 nitrogen and oxygen atoms in total. The minimum atomic E-state index is -0.492. The van der Waals surface area contributed by atoms with E-state index in [0.29, 0.717) is 22.0 Å². The number of aryl methyl sites for hydroxylation is 1. The number of anilines is 1. The van der Waals surface area contributed by atoms with Crippen LogP contribution in [0.4, 0.5) is 5.00 Å². The summed E-state index contributed by atoms with van der Waals surface area (Å²) in [5.41, 5.74) is 11.6. The van der Waals surface area contributed by atoms with Crippen molar-refractivity contribution in [1.82, 2.24) is 4.98 Å². The van der Waals surface area contributed by atoms with Gasteiger partial charge in [0.1, 0.15) is 5.00 Å². The number of nitrogens with zero attached hydrogens (tertiary/aromatic N) is 1. The number of aromatic nitrogens is 1. The summed E-state index contributed by atoms with van der Waals surface area (Å²) in [7, 11) is 0. The first-order valence-electron chi connectivity index (χ1n) is 13.0. The van der Waals surface area contributed by atoms with E-state index in [-0.39, 0.29) is 11.3 Å². The molecule has 2 amide bonds. The van der Waals surface area contributed by atoms with Crippen LogP contribution in [0, 0.1) is 18.3 Å². The number of fused-ring (bicyclic) bond motifs is 2. The van der Waals surface area contributed by atoms with Gasteiger partial charge in [0.25, 0.3) is 11.8 Å². The largest absolute Gasteiger partial charge is 0.365 e. The summed E-state index contributed by atoms with van der Waals surface area (Å²) < 4.78 is 0.859. The lowest BCUT2D eigenvalue weighted by molar-refractivity contribution is 0.0999. The van der Waals surface area contributed by atoms with Crippen LogP contribution < -0.4 is 11.1 Å². The quantitative estimate of drug-likeness (QED) is 0.239. The molecule has 0 aliphatic heterocycles. The van der Waals surface area contributed by atoms with Crippen molar-refractivity contribution in [1.29, 1.82) is 0 Å². The molecule has 0 saturated carbocycles. The first-order valence-corrected chi connectivity index (χ1v) is 14.6. The monoisotopic (exact) mass is 589 g/mol. The zero-order valence-corrected chi connectivity index (χ0v) is 24.6. The summed E-state index contributed by atoms with van der Waals surface area (Å²) in [6.45, 7) is 8.89. The van der Waals surface area contributed by atoms with Crippen LogP contribution in [-0.2, 0) is 12.8 Å². The number of benzene rings is 2. The standard InChI is InChI=1S/C31H32BrN3O2S/c1-5-31(3,4)19-9-11-21-26(14-19)38-30(27(21)28(33)36)35-29(37)23-16-25(18-8-6-7-17(2)13-18)34-24-12-10-20(32)15-22(23)24/h6-8,10,12-13,15-16,19H,5,9,11,14H2,1-4H3,(H2,33,36)(H,35,37)/t19-/m1/s1. The molecule has 1 aliphatic rings. The van der Waals surface area contributed by atoms with Crippen molar-refractivity contribution in [2.75, 3.05) is 5.32 Å². The second-order valence-corrected chi connectivity index (χ2v) is 12.9. The molecule has 0 saturated heterocycles. The number of rotatable bonds is 6. The molecule has 0 fully saturated rings. The predicted molar refractivity (Wildman–Crippen MR) is 160 cm³/mol. The van der Waals surface area contributed by atoms with Crippen molar-refractivity contribution in [2.24, 2.45) is 17.1 Å². The molecular weight excluding hydrogens is 558 g/mol. The van der Waals surface area contributed by atoms with E-state index in [0.717, 1.165) is 68.3 Å². The van der Waals surface area contributed by atoms with Crippen LogP contribution in [0.2, 0.25) is 0 Å². The van der Waals surface area contributed by atoms with Gasteiger partial charge in [0.2, 0.25) is 0 Å². The maximum Gasteiger partial charge on any atom is 0.257 e. The Morgan fingerprint density at radius 2 is 1.97 bits per heavy atom. The lowest BCUT2D eigenvalue weighted by atomic mass is 9.69. The number of nitrogens with one attached hydrogen (secondary N) is 1. The van der Waals surface area contributed by atoms with Crippen molar-refractivity contribution < 1.29 is 9.59 Å². The molecule has 2 aromatic heterocycles. The lowest BCUT2D eigenvalue weighted by Crippen LogP contribution is -2.29. The van der Waals surface area contributed by atoms with Gasteiger partial charge in [-0.15, -0.1) is 11.3 Å². The summed E-state index contributed by atoms with van der Waals surface area (Å²) in [5.74, 6) is -0.244. The molecule has 1 atom stereocenters. The van der Waals surface area contributed by atoms with Crippen LogP contribution in [0.5, 0.6) is 0 Å². The molecule has 5 rings (SSSR count). The minimum Gasteiger partial charge on any atom is -0.365 e. The molecular formula is C31H32BrN3O2S. The third kappa shape index (κ3) is 5.02. The highest BCUT2D eigenvalue weighted by molar-refractivity contribution is 9.10. The van der Waals surface area contributed by atoms with Crippen molar-refractivity contribution in [2.45, 2.75) is 53.4 Å². The minimum absolute atomic E-state index is 0.216. The van der Waals surface area contributed by atoms with Gasteiger partial charge >= 0.3 is 0 Å². The third-order valence-corrected chi connectivity index (χ3v) is 9.75. The summed E-state index contributed by atoms with van der Waals surface area (Å²) in [5, 5.41) is 4.35. The van der Waals surface area contributed by atoms with E-state index in [4.69, 9.17) is 10.7 Å². The first kappa shape index (κ1) is 26.6. The van der Waals surface area contributed by atoms with Crippen LogP contribution >= 0.6 is 27.3 Å². The average Bonchev–Trinajstić information content (AvgIpc) is 3.25. The number of pyridine rings is 1. The van der Waals surface area contributed by atoms with Gasteiger partial charge < -0.3 is 11.1 Å². The molecule has 0 unspecified atom stereocenters. The number of primary amides is 1. The zero-order valence-electron chi connectivity index (χ0n) is 22.2. The van der Waals surface area contributed by atoms with Crippen molar-refractivity contribution >= 4 is 55.0 Å². The molecule has 38 heavy (non-hydrogen) atoms. The fraction of sp³-hybridized carbons (Fsp3) is 0.323. The summed E-state index contributed by atoms with van der Waals surface area (Å²) in [6.07, 6.45) is 3.82. The van der Waals surface area contributed by atoms with Crippen LogP contribution in [-0.4, -0.2) is 16.8 Å². The maximum atomic E-state index is 13.8. The Balaban J connectivity index is 1.56. The Labute approximate surface area is 236 Å². The predicted octanol–water partition coefficient (Wildman–Crippen LogP) is 7.93. The zero-order chi connectivity index (χ0) is 27.2. The number of carbonyl (C=O) groups excluding carboxylic acids is 2. The molecule has 2 aromatic carbocycles. The molecule has 0 radical (unpaired) electrons. The van der Waals surface area contributed by atoms with Gasteiger partial charge in [0.15, 0.2) is 0 Å². The van der Waals surface area contributed by atoms with Crippen LogP contribution in [0.15, 0.2) is 53.0 Å². The molecule has 196 valence electrons. The van der Waals surface area contributed by atoms with Gasteiger partial charge in [-0.25, -0.2) is 4.98 Å². The van der Waals surface area contributed by atoms with Crippen molar-refractivity contribution in [3.8, 4) is 11.3 Å². The fourth-order valence-electron chi connectivity index (χ4n) is 5.40. The number of hydrogen-bond donors (Lipinski definition) is 2. The van der Waals surface area contributed by atoms with E-state index in [1.807, 2.05) is 49.4 Å². The summed E-state index contributed by atoms with van der Waals surface area (Å²) in [4.78, 5) is 32.4. The van der Waals surface area contributed by atoms with E-state index in [2.05, 4.69) is 48.1 Å². The van der Waals surface area contributed by atoms with E-state index in [1.54, 1.807) is 0 Å². The van der Waals surface area contributed by atoms with Crippen LogP contribution in [0.1, 0.15) is 70.3 Å². The van der Waals surface area contributed by atoms with E-state index < -0.39 is 5.91 Å².